The van der Waals surface area contributed by atoms with Crippen LogP contribution in [0, 0.1) is 0 Å². The van der Waals surface area contributed by atoms with Gasteiger partial charge in [-0.05, 0) is 0 Å². The summed E-state index contributed by atoms with van der Waals surface area (Å²) in [7, 11) is -3.06. The highest BCUT2D eigenvalue weighted by Crippen LogP contribution is 2.05. The molecule has 1 aliphatic heterocycles. The fourth-order valence-electron chi connectivity index (χ4n) is 1.58. The lowest BCUT2D eigenvalue weighted by molar-refractivity contribution is -0.120. The van der Waals surface area contributed by atoms with Gasteiger partial charge in [0.1, 0.15) is 5.78 Å². The Morgan fingerprint density at radius 1 is 1.20 bits per heavy atom. The number of sulfonamides is 1. The molecule has 15 heavy (non-hydrogen) atoms. The molecule has 0 bridgehead atoms. The van der Waals surface area contributed by atoms with Crippen LogP contribution in [0.15, 0.2) is 0 Å². The first-order valence-corrected chi connectivity index (χ1v) is 6.97. The van der Waals surface area contributed by atoms with E-state index in [-0.39, 0.29) is 5.78 Å². The van der Waals surface area contributed by atoms with Crippen LogP contribution >= 0.6 is 0 Å². The van der Waals surface area contributed by atoms with Gasteiger partial charge in [0.25, 0.3) is 0 Å². The number of nitrogens with zero attached hydrogens (tertiary/aromatic N) is 2. The SMILES string of the molecule is CCC(=O)CN1CCN(S(C)(=O)=O)CC1. The maximum Gasteiger partial charge on any atom is 0.211 e. The van der Waals surface area contributed by atoms with Crippen molar-refractivity contribution in [3.05, 3.63) is 0 Å². The fourth-order valence-corrected chi connectivity index (χ4v) is 2.41. The van der Waals surface area contributed by atoms with E-state index in [0.29, 0.717) is 39.1 Å². The summed E-state index contributed by atoms with van der Waals surface area (Å²) in [5, 5.41) is 0. The molecule has 5 nitrogen and oxygen atoms in total. The van der Waals surface area contributed by atoms with Crippen molar-refractivity contribution < 1.29 is 13.2 Å². The van der Waals surface area contributed by atoms with Gasteiger partial charge in [0, 0.05) is 32.6 Å². The Kier molecular flexibility index (Phi) is 4.24. The number of ketones is 1. The number of hydrogen-bond acceptors (Lipinski definition) is 4. The molecular formula is C9H18N2O3S. The number of carbonyl (C=O) groups is 1. The van der Waals surface area contributed by atoms with Gasteiger partial charge in [0.05, 0.1) is 12.8 Å². The van der Waals surface area contributed by atoms with E-state index < -0.39 is 10.0 Å². The zero-order valence-electron chi connectivity index (χ0n) is 9.27. The van der Waals surface area contributed by atoms with E-state index in [1.165, 1.54) is 10.6 Å². The van der Waals surface area contributed by atoms with Gasteiger partial charge in [-0.25, -0.2) is 8.42 Å². The van der Waals surface area contributed by atoms with E-state index in [0.717, 1.165) is 0 Å². The minimum Gasteiger partial charge on any atom is -0.298 e. The molecule has 0 N–H and O–H groups in total. The molecule has 1 fully saturated rings. The van der Waals surface area contributed by atoms with Gasteiger partial charge in [-0.2, -0.15) is 4.31 Å². The van der Waals surface area contributed by atoms with E-state index in [1.807, 2.05) is 11.8 Å². The first-order valence-electron chi connectivity index (χ1n) is 5.12. The summed E-state index contributed by atoms with van der Waals surface area (Å²) >= 11 is 0. The monoisotopic (exact) mass is 234 g/mol. The highest BCUT2D eigenvalue weighted by Gasteiger charge is 2.23. The smallest absolute Gasteiger partial charge is 0.211 e. The van der Waals surface area contributed by atoms with Crippen LogP contribution in [-0.4, -0.2) is 62.4 Å². The van der Waals surface area contributed by atoms with Crippen molar-refractivity contribution in [1.29, 1.82) is 0 Å². The lowest BCUT2D eigenvalue weighted by atomic mass is 10.2. The molecule has 0 aromatic heterocycles. The van der Waals surface area contributed by atoms with Crippen LogP contribution in [0.1, 0.15) is 13.3 Å². The third kappa shape index (κ3) is 3.89. The van der Waals surface area contributed by atoms with Crippen molar-refractivity contribution >= 4 is 15.8 Å². The number of carbonyl (C=O) groups excluding carboxylic acids is 1. The molecule has 6 heteroatoms. The fraction of sp³-hybridized carbons (Fsp3) is 0.889. The molecule has 1 aliphatic rings. The van der Waals surface area contributed by atoms with Crippen molar-refractivity contribution in [3.63, 3.8) is 0 Å². The molecule has 1 heterocycles. The zero-order chi connectivity index (χ0) is 11.5. The minimum absolute atomic E-state index is 0.211. The summed E-state index contributed by atoms with van der Waals surface area (Å²) in [6.45, 7) is 4.59. The number of rotatable bonds is 4. The van der Waals surface area contributed by atoms with Gasteiger partial charge in [-0.3, -0.25) is 9.69 Å². The maximum atomic E-state index is 11.2. The Morgan fingerprint density at radius 3 is 2.13 bits per heavy atom. The largest absolute Gasteiger partial charge is 0.298 e. The topological polar surface area (TPSA) is 57.7 Å². The first-order chi connectivity index (χ1) is 6.93. The Bertz CT molecular complexity index is 318. The van der Waals surface area contributed by atoms with Crippen molar-refractivity contribution in [2.45, 2.75) is 13.3 Å². The van der Waals surface area contributed by atoms with Crippen molar-refractivity contribution in [1.82, 2.24) is 9.21 Å². The molecule has 1 rings (SSSR count). The van der Waals surface area contributed by atoms with E-state index in [4.69, 9.17) is 0 Å². The number of hydrogen-bond donors (Lipinski definition) is 0. The van der Waals surface area contributed by atoms with Crippen LogP contribution in [0.4, 0.5) is 0 Å². The average molecular weight is 234 g/mol. The van der Waals surface area contributed by atoms with Gasteiger partial charge in [0.2, 0.25) is 10.0 Å². The first kappa shape index (κ1) is 12.6. The minimum atomic E-state index is -3.06. The standard InChI is InChI=1S/C9H18N2O3S/c1-3-9(12)8-10-4-6-11(7-5-10)15(2,13)14/h3-8H2,1-2H3. The van der Waals surface area contributed by atoms with Crippen LogP contribution < -0.4 is 0 Å². The van der Waals surface area contributed by atoms with Crippen LogP contribution in [0.25, 0.3) is 0 Å². The Hall–Kier alpha value is -0.460. The van der Waals surface area contributed by atoms with Crippen LogP contribution in [0.2, 0.25) is 0 Å². The van der Waals surface area contributed by atoms with E-state index in [9.17, 15) is 13.2 Å². The number of Topliss-reactive ketones (excluding diaryl/α,β-unsaturated/α-hetero) is 1. The molecule has 0 atom stereocenters. The molecule has 0 unspecified atom stereocenters. The number of piperazine rings is 1. The molecule has 0 amide bonds. The van der Waals surface area contributed by atoms with E-state index in [1.54, 1.807) is 0 Å². The predicted octanol–water partition coefficient (Wildman–Crippen LogP) is -0.457. The lowest BCUT2D eigenvalue weighted by Crippen LogP contribution is -2.49. The maximum absolute atomic E-state index is 11.2. The highest BCUT2D eigenvalue weighted by molar-refractivity contribution is 7.88. The summed E-state index contributed by atoms with van der Waals surface area (Å²) in [4.78, 5) is 13.2. The van der Waals surface area contributed by atoms with Crippen molar-refractivity contribution in [2.24, 2.45) is 0 Å². The molecule has 0 saturated carbocycles. The average Bonchev–Trinajstić information content (AvgIpc) is 2.17. The van der Waals surface area contributed by atoms with Gasteiger partial charge in [-0.15, -0.1) is 0 Å². The van der Waals surface area contributed by atoms with Gasteiger partial charge < -0.3 is 0 Å². The van der Waals surface area contributed by atoms with Gasteiger partial charge in [-0.1, -0.05) is 6.92 Å². The third-order valence-corrected chi connectivity index (χ3v) is 3.90. The van der Waals surface area contributed by atoms with Crippen LogP contribution in [0.5, 0.6) is 0 Å². The van der Waals surface area contributed by atoms with Gasteiger partial charge in [0.15, 0.2) is 0 Å². The summed E-state index contributed by atoms with van der Waals surface area (Å²) < 4.78 is 23.9. The second kappa shape index (κ2) is 5.05. The predicted molar refractivity (Wildman–Crippen MR) is 58.2 cm³/mol. The third-order valence-electron chi connectivity index (χ3n) is 2.59. The van der Waals surface area contributed by atoms with Crippen molar-refractivity contribution in [2.75, 3.05) is 39.0 Å². The lowest BCUT2D eigenvalue weighted by Gasteiger charge is -2.32. The summed E-state index contributed by atoms with van der Waals surface area (Å²) in [6, 6.07) is 0. The quantitative estimate of drug-likeness (QED) is 0.660. The highest BCUT2D eigenvalue weighted by atomic mass is 32.2. The zero-order valence-corrected chi connectivity index (χ0v) is 10.1. The van der Waals surface area contributed by atoms with E-state index in [2.05, 4.69) is 0 Å². The Morgan fingerprint density at radius 2 is 1.73 bits per heavy atom. The van der Waals surface area contributed by atoms with Crippen LogP contribution in [0.3, 0.4) is 0 Å². The molecule has 0 aromatic rings. The molecule has 0 aromatic carbocycles. The molecular weight excluding hydrogens is 216 g/mol. The Labute approximate surface area is 91.1 Å². The molecule has 1 saturated heterocycles. The summed E-state index contributed by atoms with van der Waals surface area (Å²) in [5.41, 5.74) is 0. The molecule has 0 spiro atoms. The van der Waals surface area contributed by atoms with Gasteiger partial charge >= 0.3 is 0 Å². The molecule has 88 valence electrons. The Balaban J connectivity index is 2.40. The van der Waals surface area contributed by atoms with E-state index >= 15 is 0 Å². The normalized spacial score (nSPS) is 20.4. The van der Waals surface area contributed by atoms with Crippen LogP contribution in [-0.2, 0) is 14.8 Å². The second-order valence-corrected chi connectivity index (χ2v) is 5.81. The molecule has 0 radical (unpaired) electrons. The summed E-state index contributed by atoms with van der Waals surface area (Å²) in [6.07, 6.45) is 1.77. The second-order valence-electron chi connectivity index (χ2n) is 3.83. The molecule has 0 aliphatic carbocycles. The summed E-state index contributed by atoms with van der Waals surface area (Å²) in [5.74, 6) is 0.211. The van der Waals surface area contributed by atoms with Crippen molar-refractivity contribution in [3.8, 4) is 0 Å².